The van der Waals surface area contributed by atoms with Crippen LogP contribution >= 0.6 is 12.2 Å². The summed E-state index contributed by atoms with van der Waals surface area (Å²) >= 11 is 5.07. The molecule has 2 aromatic carbocycles. The highest BCUT2D eigenvalue weighted by Gasteiger charge is 2.10. The minimum Gasteiger partial charge on any atom is -0.353 e. The van der Waals surface area contributed by atoms with Crippen molar-refractivity contribution < 1.29 is 13.3 Å². The average Bonchev–Trinajstić information content (AvgIpc) is 3.05. The number of hydrogen-bond acceptors (Lipinski definition) is 4. The smallest absolute Gasteiger partial charge is 0.246 e. The molecule has 0 saturated heterocycles. The molecule has 0 fully saturated rings. The zero-order chi connectivity index (χ0) is 17.8. The topological polar surface area (TPSA) is 63.0 Å². The maximum Gasteiger partial charge on any atom is 0.246 e. The summed E-state index contributed by atoms with van der Waals surface area (Å²) in [6.45, 7) is 2.15. The molecule has 0 amide bonds. The van der Waals surface area contributed by atoms with Crippen LogP contribution in [0, 0.1) is 18.6 Å². The lowest BCUT2D eigenvalue weighted by atomic mass is 10.1. The highest BCUT2D eigenvalue weighted by Crippen LogP contribution is 2.17. The molecule has 0 saturated carbocycles. The van der Waals surface area contributed by atoms with Crippen LogP contribution in [-0.4, -0.2) is 15.3 Å². The molecule has 0 aliphatic carbocycles. The van der Waals surface area contributed by atoms with E-state index in [4.69, 9.17) is 16.7 Å². The molecule has 0 aliphatic heterocycles. The second-order valence-corrected chi connectivity index (χ2v) is 5.72. The van der Waals surface area contributed by atoms with Crippen LogP contribution in [0.25, 0.3) is 11.4 Å². The summed E-state index contributed by atoms with van der Waals surface area (Å²) in [6.07, 6.45) is 0. The Hall–Kier alpha value is -2.87. The molecule has 2 N–H and O–H groups in total. The predicted molar refractivity (Wildman–Crippen MR) is 93.9 cm³/mol. The monoisotopic (exact) mass is 360 g/mol. The lowest BCUT2D eigenvalue weighted by Crippen LogP contribution is -2.28. The second-order valence-electron chi connectivity index (χ2n) is 5.31. The third-order valence-corrected chi connectivity index (χ3v) is 3.57. The minimum atomic E-state index is -0.733. The van der Waals surface area contributed by atoms with Gasteiger partial charge in [-0.1, -0.05) is 28.9 Å². The second kappa shape index (κ2) is 7.35. The van der Waals surface area contributed by atoms with Gasteiger partial charge in [-0.3, -0.25) is 0 Å². The van der Waals surface area contributed by atoms with E-state index in [0.717, 1.165) is 23.3 Å². The van der Waals surface area contributed by atoms with Crippen LogP contribution in [-0.2, 0) is 6.54 Å². The highest BCUT2D eigenvalue weighted by molar-refractivity contribution is 7.80. The van der Waals surface area contributed by atoms with Gasteiger partial charge in [0.1, 0.15) is 11.6 Å². The van der Waals surface area contributed by atoms with Gasteiger partial charge in [0.25, 0.3) is 0 Å². The van der Waals surface area contributed by atoms with Crippen molar-refractivity contribution in [3.8, 4) is 11.4 Å². The zero-order valence-electron chi connectivity index (χ0n) is 13.2. The Balaban J connectivity index is 1.59. The molecular weight excluding hydrogens is 346 g/mol. The van der Waals surface area contributed by atoms with E-state index in [1.54, 1.807) is 0 Å². The fourth-order valence-electron chi connectivity index (χ4n) is 2.14. The number of thiocarbonyl (C=S) groups is 1. The summed E-state index contributed by atoms with van der Waals surface area (Å²) in [5.74, 6) is -0.579. The van der Waals surface area contributed by atoms with E-state index in [1.165, 1.54) is 6.07 Å². The van der Waals surface area contributed by atoms with Crippen molar-refractivity contribution in [2.75, 3.05) is 5.32 Å². The van der Waals surface area contributed by atoms with Crippen LogP contribution in [0.3, 0.4) is 0 Å². The Morgan fingerprint density at radius 3 is 2.80 bits per heavy atom. The van der Waals surface area contributed by atoms with Crippen molar-refractivity contribution in [3.05, 3.63) is 65.6 Å². The van der Waals surface area contributed by atoms with Crippen molar-refractivity contribution in [2.24, 2.45) is 0 Å². The quantitative estimate of drug-likeness (QED) is 0.690. The van der Waals surface area contributed by atoms with E-state index in [1.807, 2.05) is 31.2 Å². The van der Waals surface area contributed by atoms with Gasteiger partial charge >= 0.3 is 0 Å². The molecule has 0 bridgehead atoms. The normalized spacial score (nSPS) is 10.5. The number of hydrogen-bond donors (Lipinski definition) is 2. The summed E-state index contributed by atoms with van der Waals surface area (Å²) in [5.41, 5.74) is 2.02. The van der Waals surface area contributed by atoms with E-state index in [0.29, 0.717) is 11.7 Å². The van der Waals surface area contributed by atoms with Crippen molar-refractivity contribution >= 4 is 23.0 Å². The van der Waals surface area contributed by atoms with Gasteiger partial charge < -0.3 is 15.2 Å². The molecule has 0 atom stereocenters. The van der Waals surface area contributed by atoms with Gasteiger partial charge in [-0.2, -0.15) is 4.98 Å². The number of benzene rings is 2. The maximum atomic E-state index is 13.6. The van der Waals surface area contributed by atoms with E-state index >= 15 is 0 Å². The number of aryl methyl sites for hydroxylation is 1. The van der Waals surface area contributed by atoms with Gasteiger partial charge in [0, 0.05) is 11.6 Å². The van der Waals surface area contributed by atoms with Crippen molar-refractivity contribution in [2.45, 2.75) is 13.5 Å². The SMILES string of the molecule is Cc1cccc(-c2noc(CNC(=S)Nc3ccc(F)cc3F)n2)c1. The summed E-state index contributed by atoms with van der Waals surface area (Å²) < 4.78 is 31.6. The summed E-state index contributed by atoms with van der Waals surface area (Å²) in [4.78, 5) is 4.28. The van der Waals surface area contributed by atoms with E-state index in [9.17, 15) is 8.78 Å². The van der Waals surface area contributed by atoms with Gasteiger partial charge in [-0.25, -0.2) is 8.78 Å². The molecule has 8 heteroatoms. The van der Waals surface area contributed by atoms with Crippen LogP contribution in [0.5, 0.6) is 0 Å². The van der Waals surface area contributed by atoms with Gasteiger partial charge in [0.2, 0.25) is 11.7 Å². The van der Waals surface area contributed by atoms with Gasteiger partial charge in [0.05, 0.1) is 12.2 Å². The van der Waals surface area contributed by atoms with Crippen LogP contribution in [0.1, 0.15) is 11.5 Å². The maximum absolute atomic E-state index is 13.6. The molecule has 128 valence electrons. The Morgan fingerprint density at radius 1 is 1.20 bits per heavy atom. The van der Waals surface area contributed by atoms with Gasteiger partial charge in [0.15, 0.2) is 5.11 Å². The molecule has 0 radical (unpaired) electrons. The molecular formula is C17H14F2N4OS. The number of rotatable bonds is 4. The van der Waals surface area contributed by atoms with Crippen molar-refractivity contribution in [1.29, 1.82) is 0 Å². The first-order valence-corrected chi connectivity index (χ1v) is 7.81. The van der Waals surface area contributed by atoms with E-state index in [2.05, 4.69) is 20.8 Å². The van der Waals surface area contributed by atoms with Crippen LogP contribution < -0.4 is 10.6 Å². The van der Waals surface area contributed by atoms with Gasteiger partial charge in [-0.15, -0.1) is 0 Å². The fourth-order valence-corrected chi connectivity index (χ4v) is 2.32. The Bertz CT molecular complexity index is 913. The van der Waals surface area contributed by atoms with Crippen molar-refractivity contribution in [1.82, 2.24) is 15.5 Å². The molecule has 0 unspecified atom stereocenters. The number of halogens is 2. The minimum absolute atomic E-state index is 0.0740. The van der Waals surface area contributed by atoms with Crippen LogP contribution in [0.4, 0.5) is 14.5 Å². The first-order valence-electron chi connectivity index (χ1n) is 7.41. The van der Waals surface area contributed by atoms with E-state index < -0.39 is 11.6 Å². The zero-order valence-corrected chi connectivity index (χ0v) is 14.0. The van der Waals surface area contributed by atoms with Gasteiger partial charge in [-0.05, 0) is 37.3 Å². The molecule has 3 aromatic rings. The first-order chi connectivity index (χ1) is 12.0. The lowest BCUT2D eigenvalue weighted by molar-refractivity contribution is 0.376. The summed E-state index contributed by atoms with van der Waals surface area (Å²) in [7, 11) is 0. The molecule has 1 aromatic heterocycles. The largest absolute Gasteiger partial charge is 0.353 e. The molecule has 0 aliphatic rings. The molecule has 1 heterocycles. The summed E-state index contributed by atoms with van der Waals surface area (Å²) in [5, 5.41) is 9.55. The summed E-state index contributed by atoms with van der Waals surface area (Å²) in [6, 6.07) is 10.9. The first kappa shape index (κ1) is 17.0. The standard InChI is InChI=1S/C17H14F2N4OS/c1-10-3-2-4-11(7-10)16-22-15(24-23-16)9-20-17(25)21-14-6-5-12(18)8-13(14)19/h2-8H,9H2,1H3,(H2,20,21,25). The predicted octanol–water partition coefficient (Wildman–Crippen LogP) is 3.81. The Kier molecular flexibility index (Phi) is 4.99. The third kappa shape index (κ3) is 4.36. The Labute approximate surface area is 148 Å². The molecule has 3 rings (SSSR count). The number of nitrogens with zero attached hydrogens (tertiary/aromatic N) is 2. The lowest BCUT2D eigenvalue weighted by Gasteiger charge is -2.09. The Morgan fingerprint density at radius 2 is 2.04 bits per heavy atom. The molecule has 5 nitrogen and oxygen atoms in total. The molecule has 0 spiro atoms. The average molecular weight is 360 g/mol. The van der Waals surface area contributed by atoms with E-state index in [-0.39, 0.29) is 17.3 Å². The number of aromatic nitrogens is 2. The van der Waals surface area contributed by atoms with Crippen LogP contribution in [0.2, 0.25) is 0 Å². The van der Waals surface area contributed by atoms with Crippen molar-refractivity contribution in [3.63, 3.8) is 0 Å². The highest BCUT2D eigenvalue weighted by atomic mass is 32.1. The number of nitrogens with one attached hydrogen (secondary N) is 2. The fraction of sp³-hybridized carbons (Fsp3) is 0.118. The van der Waals surface area contributed by atoms with Crippen LogP contribution in [0.15, 0.2) is 47.0 Å². The molecule has 25 heavy (non-hydrogen) atoms. The number of anilines is 1. The third-order valence-electron chi connectivity index (χ3n) is 3.32.